The number of amides is 1. The van der Waals surface area contributed by atoms with E-state index in [1.54, 1.807) is 18.2 Å². The summed E-state index contributed by atoms with van der Waals surface area (Å²) in [6.07, 6.45) is -7.60. The SMILES string of the molecule is CN(CC(CCN1CCC2(CC1)CN(S(C)(=O)=O)c1ccc(F)cc12)c1ccc(Cl)c(Cl)c1)C(=O)c1cc(C(F)(F)F)cc(C(F)(F)F)c1. The summed E-state index contributed by atoms with van der Waals surface area (Å²) in [5.74, 6) is -1.93. The number of hydrogen-bond acceptors (Lipinski definition) is 4. The molecule has 16 heteroatoms. The number of nitrogens with zero attached hydrogens (tertiary/aromatic N) is 3. The van der Waals surface area contributed by atoms with Crippen molar-refractivity contribution in [2.75, 3.05) is 50.3 Å². The fraction of sp³-hybridized carbons (Fsp3) is 0.424. The smallest absolute Gasteiger partial charge is 0.341 e. The number of carbonyl (C=O) groups excluding carboxylic acids is 1. The van der Waals surface area contributed by atoms with Gasteiger partial charge in [-0.25, -0.2) is 12.8 Å². The summed E-state index contributed by atoms with van der Waals surface area (Å²) in [5, 5.41) is 0.503. The van der Waals surface area contributed by atoms with Gasteiger partial charge in [0.1, 0.15) is 5.82 Å². The molecule has 0 radical (unpaired) electrons. The summed E-state index contributed by atoms with van der Waals surface area (Å²) < 4.78 is 122. The number of benzene rings is 3. The molecular weight excluding hydrogens is 722 g/mol. The number of carbonyl (C=O) groups is 1. The summed E-state index contributed by atoms with van der Waals surface area (Å²) in [5.41, 5.74) is -2.73. The molecule has 49 heavy (non-hydrogen) atoms. The quantitative estimate of drug-likeness (QED) is 0.218. The van der Waals surface area contributed by atoms with Gasteiger partial charge in [0, 0.05) is 37.0 Å². The van der Waals surface area contributed by atoms with E-state index in [9.17, 15) is 43.9 Å². The highest BCUT2D eigenvalue weighted by atomic mass is 35.5. The van der Waals surface area contributed by atoms with Crippen LogP contribution in [-0.2, 0) is 27.8 Å². The fourth-order valence-electron chi connectivity index (χ4n) is 6.70. The van der Waals surface area contributed by atoms with Crippen molar-refractivity contribution in [2.24, 2.45) is 0 Å². The molecule has 2 heterocycles. The molecule has 3 aromatic carbocycles. The minimum absolute atomic E-state index is 0.0303. The van der Waals surface area contributed by atoms with Gasteiger partial charge in [-0.15, -0.1) is 0 Å². The van der Waals surface area contributed by atoms with Crippen LogP contribution in [-0.4, -0.2) is 70.2 Å². The largest absolute Gasteiger partial charge is 0.416 e. The van der Waals surface area contributed by atoms with E-state index in [-0.39, 0.29) is 29.2 Å². The average molecular weight is 755 g/mol. The molecule has 3 aromatic rings. The van der Waals surface area contributed by atoms with Gasteiger partial charge in [-0.2, -0.15) is 26.3 Å². The van der Waals surface area contributed by atoms with E-state index in [0.717, 1.165) is 11.2 Å². The Bertz CT molecular complexity index is 1810. The average Bonchev–Trinajstić information content (AvgIpc) is 3.33. The van der Waals surface area contributed by atoms with Crippen molar-refractivity contribution in [2.45, 2.75) is 42.9 Å². The first kappa shape index (κ1) is 37.2. The molecule has 6 nitrogen and oxygen atoms in total. The van der Waals surface area contributed by atoms with Gasteiger partial charge in [0.25, 0.3) is 5.91 Å². The molecule has 2 aliphatic rings. The molecule has 266 valence electrons. The highest BCUT2D eigenvalue weighted by Gasteiger charge is 2.47. The topological polar surface area (TPSA) is 60.9 Å². The maximum absolute atomic E-state index is 14.3. The minimum atomic E-state index is -5.11. The van der Waals surface area contributed by atoms with Gasteiger partial charge in [-0.3, -0.25) is 9.10 Å². The molecule has 1 spiro atoms. The van der Waals surface area contributed by atoms with Crippen molar-refractivity contribution in [1.82, 2.24) is 9.80 Å². The third kappa shape index (κ3) is 8.13. The number of likely N-dealkylation sites (tertiary alicyclic amines) is 1. The van der Waals surface area contributed by atoms with Crippen LogP contribution < -0.4 is 4.31 Å². The maximum Gasteiger partial charge on any atom is 0.416 e. The summed E-state index contributed by atoms with van der Waals surface area (Å²) >= 11 is 12.4. The zero-order valence-corrected chi connectivity index (χ0v) is 28.6. The molecule has 1 saturated heterocycles. The number of alkyl halides is 6. The molecule has 0 bridgehead atoms. The summed E-state index contributed by atoms with van der Waals surface area (Å²) in [7, 11) is -2.30. The zero-order valence-electron chi connectivity index (χ0n) is 26.3. The number of fused-ring (bicyclic) bond motifs is 2. The Labute approximate surface area is 289 Å². The van der Waals surface area contributed by atoms with E-state index < -0.39 is 62.1 Å². The number of hydrogen-bond donors (Lipinski definition) is 0. The molecular formula is C33H32Cl2F7N3O3S. The number of piperidine rings is 1. The fourth-order valence-corrected chi connectivity index (χ4v) is 8.01. The van der Waals surface area contributed by atoms with Crippen LogP contribution >= 0.6 is 23.2 Å². The van der Waals surface area contributed by atoms with Crippen molar-refractivity contribution >= 4 is 44.8 Å². The lowest BCUT2D eigenvalue weighted by molar-refractivity contribution is -0.143. The van der Waals surface area contributed by atoms with Crippen LogP contribution in [0.2, 0.25) is 10.0 Å². The van der Waals surface area contributed by atoms with Gasteiger partial charge in [-0.05, 0) is 98.6 Å². The van der Waals surface area contributed by atoms with Crippen LogP contribution in [0.1, 0.15) is 57.8 Å². The first-order valence-corrected chi connectivity index (χ1v) is 17.8. The van der Waals surface area contributed by atoms with Gasteiger partial charge in [0.15, 0.2) is 0 Å². The first-order chi connectivity index (χ1) is 22.7. The number of anilines is 1. The lowest BCUT2D eigenvalue weighted by Crippen LogP contribution is -2.46. The second-order valence-electron chi connectivity index (χ2n) is 12.7. The van der Waals surface area contributed by atoms with E-state index in [0.29, 0.717) is 67.8 Å². The second kappa shape index (κ2) is 13.6. The maximum atomic E-state index is 14.3. The van der Waals surface area contributed by atoms with Crippen LogP contribution in [0.3, 0.4) is 0 Å². The van der Waals surface area contributed by atoms with Gasteiger partial charge in [-0.1, -0.05) is 29.3 Å². The van der Waals surface area contributed by atoms with E-state index in [1.807, 2.05) is 0 Å². The normalized spacial score (nSPS) is 17.3. The van der Waals surface area contributed by atoms with Crippen molar-refractivity contribution in [3.63, 3.8) is 0 Å². The number of sulfonamides is 1. The highest BCUT2D eigenvalue weighted by molar-refractivity contribution is 7.92. The highest BCUT2D eigenvalue weighted by Crippen LogP contribution is 2.48. The van der Waals surface area contributed by atoms with Gasteiger partial charge in [0.05, 0.1) is 33.1 Å². The second-order valence-corrected chi connectivity index (χ2v) is 15.4. The molecule has 0 saturated carbocycles. The van der Waals surface area contributed by atoms with Crippen molar-refractivity contribution in [1.29, 1.82) is 0 Å². The summed E-state index contributed by atoms with van der Waals surface area (Å²) in [4.78, 5) is 16.5. The van der Waals surface area contributed by atoms with Crippen molar-refractivity contribution in [3.8, 4) is 0 Å². The Hall–Kier alpha value is -3.07. The Morgan fingerprint density at radius 2 is 1.53 bits per heavy atom. The number of rotatable bonds is 8. The molecule has 1 amide bonds. The Kier molecular flexibility index (Phi) is 10.3. The molecule has 1 fully saturated rings. The Morgan fingerprint density at radius 1 is 0.918 bits per heavy atom. The molecule has 0 aliphatic carbocycles. The van der Waals surface area contributed by atoms with Crippen LogP contribution in [0.5, 0.6) is 0 Å². The number of halogens is 9. The van der Waals surface area contributed by atoms with Gasteiger partial charge >= 0.3 is 12.4 Å². The van der Waals surface area contributed by atoms with Gasteiger partial charge in [0.2, 0.25) is 10.0 Å². The van der Waals surface area contributed by atoms with E-state index >= 15 is 0 Å². The lowest BCUT2D eigenvalue weighted by Gasteiger charge is -2.40. The molecule has 1 unspecified atom stereocenters. The Balaban J connectivity index is 1.34. The van der Waals surface area contributed by atoms with Crippen LogP contribution in [0, 0.1) is 5.82 Å². The third-order valence-electron chi connectivity index (χ3n) is 9.34. The van der Waals surface area contributed by atoms with Crippen LogP contribution in [0.15, 0.2) is 54.6 Å². The molecule has 2 aliphatic heterocycles. The van der Waals surface area contributed by atoms with Crippen molar-refractivity contribution < 1.29 is 43.9 Å². The van der Waals surface area contributed by atoms with Gasteiger partial charge < -0.3 is 9.80 Å². The molecule has 0 aromatic heterocycles. The monoisotopic (exact) mass is 753 g/mol. The third-order valence-corrected chi connectivity index (χ3v) is 11.2. The molecule has 1 atom stereocenters. The standard InChI is InChI=1S/C33H32Cl2F7N3O3S/c1-43(30(46)22-13-23(32(37,38)39)16-24(14-22)33(40,41)42)18-21(20-3-5-27(34)28(35)15-20)7-10-44-11-8-31(9-12-44)19-45(49(2,47)48)29-6-4-25(36)17-26(29)31/h3-6,13-17,21H,7-12,18-19H2,1-2H3. The minimum Gasteiger partial charge on any atom is -0.341 e. The van der Waals surface area contributed by atoms with E-state index in [2.05, 4.69) is 4.90 Å². The van der Waals surface area contributed by atoms with E-state index in [4.69, 9.17) is 23.2 Å². The first-order valence-electron chi connectivity index (χ1n) is 15.2. The molecule has 0 N–H and O–H groups in total. The summed E-state index contributed by atoms with van der Waals surface area (Å²) in [6, 6.07) is 9.75. The summed E-state index contributed by atoms with van der Waals surface area (Å²) in [6.45, 7) is 1.70. The van der Waals surface area contributed by atoms with Crippen molar-refractivity contribution in [3.05, 3.63) is 98.3 Å². The Morgan fingerprint density at radius 3 is 2.08 bits per heavy atom. The zero-order chi connectivity index (χ0) is 36.1. The number of likely N-dealkylation sites (N-methyl/N-ethyl adjacent to an activating group) is 1. The molecule has 5 rings (SSSR count). The van der Waals surface area contributed by atoms with Crippen LogP contribution in [0.4, 0.5) is 36.4 Å². The predicted octanol–water partition coefficient (Wildman–Crippen LogP) is 8.23. The van der Waals surface area contributed by atoms with Crippen LogP contribution in [0.25, 0.3) is 0 Å². The van der Waals surface area contributed by atoms with E-state index in [1.165, 1.54) is 29.6 Å². The predicted molar refractivity (Wildman–Crippen MR) is 173 cm³/mol. The lowest BCUT2D eigenvalue weighted by atomic mass is 9.74.